The maximum Gasteiger partial charge on any atom is 0.151 e. The van der Waals surface area contributed by atoms with Crippen molar-refractivity contribution in [2.45, 2.75) is 32.9 Å². The molecule has 0 radical (unpaired) electrons. The summed E-state index contributed by atoms with van der Waals surface area (Å²) in [6, 6.07) is 2.05. The van der Waals surface area contributed by atoms with Crippen LogP contribution in [0.3, 0.4) is 0 Å². The minimum atomic E-state index is 0.778. The van der Waals surface area contributed by atoms with Crippen LogP contribution >= 0.6 is 0 Å². The van der Waals surface area contributed by atoms with Gasteiger partial charge in [0.15, 0.2) is 5.76 Å². The fraction of sp³-hybridized carbons (Fsp3) is 0.750. The number of nitrogens with one attached hydrogen (secondary N) is 1. The number of aromatic nitrogens is 1. The van der Waals surface area contributed by atoms with Gasteiger partial charge in [-0.1, -0.05) is 12.1 Å². The normalized spacial score (nSPS) is 22.5. The van der Waals surface area contributed by atoms with Crippen molar-refractivity contribution < 1.29 is 4.52 Å². The molecular weight excluding hydrogens is 202 g/mol. The number of likely N-dealkylation sites (tertiary alicyclic amines) is 1. The summed E-state index contributed by atoms with van der Waals surface area (Å²) in [4.78, 5) is 2.46. The van der Waals surface area contributed by atoms with Gasteiger partial charge in [-0.15, -0.1) is 0 Å². The van der Waals surface area contributed by atoms with E-state index in [0.29, 0.717) is 0 Å². The van der Waals surface area contributed by atoms with E-state index in [4.69, 9.17) is 4.52 Å². The van der Waals surface area contributed by atoms with E-state index in [1.165, 1.54) is 25.9 Å². The Kier molecular flexibility index (Phi) is 3.96. The lowest BCUT2D eigenvalue weighted by atomic mass is 10.0. The van der Waals surface area contributed by atoms with Crippen LogP contribution in [-0.4, -0.2) is 30.2 Å². The lowest BCUT2D eigenvalue weighted by molar-refractivity contribution is 0.160. The number of hydrogen-bond donors (Lipinski definition) is 1. The molecular formula is C12H21N3O. The van der Waals surface area contributed by atoms with E-state index in [9.17, 15) is 0 Å². The Hall–Kier alpha value is -0.870. The van der Waals surface area contributed by atoms with Crippen molar-refractivity contribution in [2.24, 2.45) is 5.92 Å². The van der Waals surface area contributed by atoms with Crippen LogP contribution in [0.2, 0.25) is 0 Å². The van der Waals surface area contributed by atoms with Gasteiger partial charge in [-0.25, -0.2) is 0 Å². The third kappa shape index (κ3) is 3.06. The number of rotatable bonds is 4. The van der Waals surface area contributed by atoms with Gasteiger partial charge >= 0.3 is 0 Å². The zero-order valence-electron chi connectivity index (χ0n) is 10.2. The van der Waals surface area contributed by atoms with Gasteiger partial charge in [-0.2, -0.15) is 0 Å². The average Bonchev–Trinajstić information content (AvgIpc) is 2.66. The quantitative estimate of drug-likeness (QED) is 0.842. The molecule has 0 bridgehead atoms. The highest BCUT2D eigenvalue weighted by molar-refractivity contribution is 5.05. The largest absolute Gasteiger partial charge is 0.360 e. The molecule has 1 aromatic heterocycles. The fourth-order valence-electron chi connectivity index (χ4n) is 2.35. The highest BCUT2D eigenvalue weighted by Gasteiger charge is 2.17. The topological polar surface area (TPSA) is 41.3 Å². The molecule has 0 amide bonds. The van der Waals surface area contributed by atoms with Crippen molar-refractivity contribution in [3.63, 3.8) is 0 Å². The van der Waals surface area contributed by atoms with Crippen LogP contribution in [0, 0.1) is 5.92 Å². The Balaban J connectivity index is 1.87. The molecule has 1 saturated heterocycles. The summed E-state index contributed by atoms with van der Waals surface area (Å²) in [6.45, 7) is 6.37. The van der Waals surface area contributed by atoms with Crippen molar-refractivity contribution in [2.75, 3.05) is 20.1 Å². The maximum absolute atomic E-state index is 5.32. The molecule has 1 aliphatic heterocycles. The molecule has 1 unspecified atom stereocenters. The van der Waals surface area contributed by atoms with Crippen molar-refractivity contribution >= 4 is 0 Å². The molecule has 90 valence electrons. The van der Waals surface area contributed by atoms with Crippen LogP contribution in [0.25, 0.3) is 0 Å². The summed E-state index contributed by atoms with van der Waals surface area (Å²) in [7, 11) is 1.92. The molecule has 4 nitrogen and oxygen atoms in total. The number of hydrogen-bond acceptors (Lipinski definition) is 4. The van der Waals surface area contributed by atoms with Gasteiger partial charge in [0.2, 0.25) is 0 Å². The standard InChI is InChI=1S/C12H21N3O/c1-10-4-3-5-15(8-10)9-12-6-11(7-13-2)14-16-12/h6,10,13H,3-5,7-9H2,1-2H3. The second kappa shape index (κ2) is 5.46. The summed E-state index contributed by atoms with van der Waals surface area (Å²) in [6.07, 6.45) is 2.66. The lowest BCUT2D eigenvalue weighted by Crippen LogP contribution is -2.33. The molecule has 1 fully saturated rings. The lowest BCUT2D eigenvalue weighted by Gasteiger charge is -2.29. The van der Waals surface area contributed by atoms with Crippen molar-refractivity contribution in [3.05, 3.63) is 17.5 Å². The molecule has 1 aromatic rings. The van der Waals surface area contributed by atoms with E-state index in [1.807, 2.05) is 7.05 Å². The minimum absolute atomic E-state index is 0.778. The van der Waals surface area contributed by atoms with Crippen LogP contribution in [-0.2, 0) is 13.1 Å². The van der Waals surface area contributed by atoms with E-state index >= 15 is 0 Å². The zero-order valence-corrected chi connectivity index (χ0v) is 10.2. The van der Waals surface area contributed by atoms with Crippen molar-refractivity contribution in [1.82, 2.24) is 15.4 Å². The first-order valence-electron chi connectivity index (χ1n) is 6.09. The highest BCUT2D eigenvalue weighted by atomic mass is 16.5. The van der Waals surface area contributed by atoms with E-state index in [2.05, 4.69) is 28.4 Å². The summed E-state index contributed by atoms with van der Waals surface area (Å²) < 4.78 is 5.32. The Labute approximate surface area is 97.0 Å². The molecule has 2 rings (SSSR count). The summed E-state index contributed by atoms with van der Waals surface area (Å²) in [5.74, 6) is 1.80. The molecule has 2 heterocycles. The summed E-state index contributed by atoms with van der Waals surface area (Å²) >= 11 is 0. The van der Waals surface area contributed by atoms with E-state index in [1.54, 1.807) is 0 Å². The van der Waals surface area contributed by atoms with Gasteiger partial charge in [0.25, 0.3) is 0 Å². The fourth-order valence-corrected chi connectivity index (χ4v) is 2.35. The van der Waals surface area contributed by atoms with Crippen LogP contribution in [0.5, 0.6) is 0 Å². The second-order valence-electron chi connectivity index (χ2n) is 4.80. The number of piperidine rings is 1. The van der Waals surface area contributed by atoms with E-state index < -0.39 is 0 Å². The monoisotopic (exact) mass is 223 g/mol. The predicted octanol–water partition coefficient (Wildman–Crippen LogP) is 1.63. The predicted molar refractivity (Wildman–Crippen MR) is 62.9 cm³/mol. The smallest absolute Gasteiger partial charge is 0.151 e. The first-order chi connectivity index (χ1) is 7.78. The number of nitrogens with zero attached hydrogens (tertiary/aromatic N) is 2. The summed E-state index contributed by atoms with van der Waals surface area (Å²) in [5, 5.41) is 7.10. The van der Waals surface area contributed by atoms with Gasteiger partial charge in [-0.05, 0) is 32.4 Å². The molecule has 16 heavy (non-hydrogen) atoms. The Morgan fingerprint density at radius 1 is 1.62 bits per heavy atom. The van der Waals surface area contributed by atoms with Crippen molar-refractivity contribution in [1.29, 1.82) is 0 Å². The van der Waals surface area contributed by atoms with E-state index in [0.717, 1.165) is 30.5 Å². The first-order valence-corrected chi connectivity index (χ1v) is 6.09. The van der Waals surface area contributed by atoms with Crippen molar-refractivity contribution in [3.8, 4) is 0 Å². The Bertz CT molecular complexity index is 324. The van der Waals surface area contributed by atoms with Gasteiger partial charge in [0.05, 0.1) is 12.2 Å². The molecule has 1 atom stereocenters. The zero-order chi connectivity index (χ0) is 11.4. The Morgan fingerprint density at radius 3 is 3.25 bits per heavy atom. The maximum atomic E-state index is 5.32. The first kappa shape index (κ1) is 11.6. The van der Waals surface area contributed by atoms with Gasteiger partial charge in [0, 0.05) is 19.2 Å². The van der Waals surface area contributed by atoms with Crippen LogP contribution in [0.1, 0.15) is 31.2 Å². The summed E-state index contributed by atoms with van der Waals surface area (Å²) in [5.41, 5.74) is 0.988. The SMILES string of the molecule is CNCc1cc(CN2CCCC(C)C2)on1. The third-order valence-electron chi connectivity index (χ3n) is 3.09. The molecule has 4 heteroatoms. The van der Waals surface area contributed by atoms with Crippen LogP contribution in [0.15, 0.2) is 10.6 Å². The van der Waals surface area contributed by atoms with Gasteiger partial charge in [0.1, 0.15) is 0 Å². The average molecular weight is 223 g/mol. The molecule has 0 saturated carbocycles. The molecule has 0 aliphatic carbocycles. The molecule has 0 spiro atoms. The second-order valence-corrected chi connectivity index (χ2v) is 4.80. The van der Waals surface area contributed by atoms with Crippen LogP contribution < -0.4 is 5.32 Å². The molecule has 0 aromatic carbocycles. The van der Waals surface area contributed by atoms with Crippen LogP contribution in [0.4, 0.5) is 0 Å². The van der Waals surface area contributed by atoms with Gasteiger partial charge in [-0.3, -0.25) is 4.90 Å². The molecule has 1 N–H and O–H groups in total. The molecule has 1 aliphatic rings. The van der Waals surface area contributed by atoms with E-state index in [-0.39, 0.29) is 0 Å². The van der Waals surface area contributed by atoms with Gasteiger partial charge < -0.3 is 9.84 Å². The Morgan fingerprint density at radius 2 is 2.50 bits per heavy atom. The third-order valence-corrected chi connectivity index (χ3v) is 3.09. The highest BCUT2D eigenvalue weighted by Crippen LogP contribution is 2.18. The minimum Gasteiger partial charge on any atom is -0.360 e.